The number of hydrogen-bond donors (Lipinski definition) is 0. The van der Waals surface area contributed by atoms with E-state index in [0.29, 0.717) is 12.5 Å². The van der Waals surface area contributed by atoms with Crippen molar-refractivity contribution in [1.29, 1.82) is 0 Å². The largest absolute Gasteiger partial charge is 0.338 e. The van der Waals surface area contributed by atoms with Gasteiger partial charge in [0.05, 0.1) is 17.1 Å². The van der Waals surface area contributed by atoms with E-state index in [9.17, 15) is 0 Å². The van der Waals surface area contributed by atoms with Gasteiger partial charge in [-0.05, 0) is 111 Å². The predicted octanol–water partition coefficient (Wildman–Crippen LogP) is 14.1. The molecule has 0 bridgehead atoms. The molecule has 0 fully saturated rings. The lowest BCUT2D eigenvalue weighted by molar-refractivity contribution is 0.295. The molecule has 2 heteroatoms. The van der Waals surface area contributed by atoms with E-state index in [-0.39, 0.29) is 17.4 Å². The molecule has 9 rings (SSSR count). The Morgan fingerprint density at radius 3 is 2.10 bits per heavy atom. The molecule has 0 saturated carbocycles. The minimum atomic E-state index is -0.630. The first-order valence-corrected chi connectivity index (χ1v) is 22.4. The van der Waals surface area contributed by atoms with Crippen molar-refractivity contribution >= 4 is 11.4 Å². The molecule has 306 valence electrons. The van der Waals surface area contributed by atoms with Crippen LogP contribution in [0.3, 0.4) is 0 Å². The molecule has 0 aliphatic heterocycles. The number of anilines is 2. The fourth-order valence-corrected chi connectivity index (χ4v) is 11.2. The van der Waals surface area contributed by atoms with Gasteiger partial charge < -0.3 is 9.80 Å². The van der Waals surface area contributed by atoms with E-state index in [1.807, 2.05) is 12.1 Å². The third-order valence-corrected chi connectivity index (χ3v) is 14.0. The second kappa shape index (κ2) is 17.7. The van der Waals surface area contributed by atoms with Gasteiger partial charge in [-0.15, -0.1) is 6.42 Å². The van der Waals surface area contributed by atoms with Gasteiger partial charge >= 0.3 is 0 Å². The van der Waals surface area contributed by atoms with Crippen LogP contribution in [0, 0.1) is 35.8 Å². The van der Waals surface area contributed by atoms with Gasteiger partial charge in [-0.25, -0.2) is 0 Å². The van der Waals surface area contributed by atoms with Gasteiger partial charge in [-0.3, -0.25) is 0 Å². The minimum absolute atomic E-state index is 0.00120. The number of para-hydroxylation sites is 1. The highest BCUT2D eigenvalue weighted by Gasteiger charge is 2.62. The number of rotatable bonds is 9. The third-order valence-electron chi connectivity index (χ3n) is 14.0. The Bertz CT molecular complexity index is 2580. The average molecular weight is 805 g/mol. The Hall–Kier alpha value is -6.74. The Balaban J connectivity index is 1.35. The number of fused-ring (bicyclic) bond motifs is 2. The van der Waals surface area contributed by atoms with Crippen LogP contribution in [-0.4, -0.2) is 12.1 Å². The van der Waals surface area contributed by atoms with Gasteiger partial charge in [-0.2, -0.15) is 0 Å². The van der Waals surface area contributed by atoms with Crippen LogP contribution in [0.4, 0.5) is 11.4 Å². The van der Waals surface area contributed by atoms with Crippen molar-refractivity contribution in [1.82, 2.24) is 0 Å². The van der Waals surface area contributed by atoms with Crippen molar-refractivity contribution in [3.05, 3.63) is 251 Å². The SMILES string of the molecule is C#C/C1=C(\C=C(/C)N(c2cc#ccc2)C2C=CC=CC2)C/C=C\C=C/CC2=C1C(c1ccccc1)(c1ccccc1)C1C=C(N(c3ccccc3)C3CC=CCC3)C=C(C)C21C. The lowest BCUT2D eigenvalue weighted by Gasteiger charge is -2.48. The van der Waals surface area contributed by atoms with Crippen LogP contribution in [0.2, 0.25) is 0 Å². The Morgan fingerprint density at radius 2 is 1.47 bits per heavy atom. The van der Waals surface area contributed by atoms with Crippen molar-refractivity contribution in [2.24, 2.45) is 11.3 Å². The molecule has 0 amide bonds. The molecule has 4 unspecified atom stereocenters. The molecule has 5 aliphatic carbocycles. The summed E-state index contributed by atoms with van der Waals surface area (Å²) in [7, 11) is 0. The zero-order chi connectivity index (χ0) is 42.5. The Morgan fingerprint density at radius 1 is 0.774 bits per heavy atom. The van der Waals surface area contributed by atoms with Crippen LogP contribution in [0.15, 0.2) is 227 Å². The fourth-order valence-electron chi connectivity index (χ4n) is 11.2. The average Bonchev–Trinajstić information content (AvgIpc) is 3.55. The monoisotopic (exact) mass is 804 g/mol. The van der Waals surface area contributed by atoms with Crippen molar-refractivity contribution in [2.45, 2.75) is 76.8 Å². The number of terminal acetylenes is 1. The summed E-state index contributed by atoms with van der Waals surface area (Å²) in [5.74, 6) is 3.46. The summed E-state index contributed by atoms with van der Waals surface area (Å²) >= 11 is 0. The lowest BCUT2D eigenvalue weighted by Crippen LogP contribution is -2.44. The molecule has 4 aromatic rings. The predicted molar refractivity (Wildman–Crippen MR) is 260 cm³/mol. The maximum Gasteiger partial charge on any atom is 0.0556 e. The van der Waals surface area contributed by atoms with Gasteiger partial charge in [0.25, 0.3) is 0 Å². The highest BCUT2D eigenvalue weighted by molar-refractivity contribution is 5.73. The van der Waals surface area contributed by atoms with E-state index >= 15 is 0 Å². The van der Waals surface area contributed by atoms with E-state index < -0.39 is 5.41 Å². The molecule has 0 heterocycles. The zero-order valence-electron chi connectivity index (χ0n) is 36.3. The minimum Gasteiger partial charge on any atom is -0.338 e. The van der Waals surface area contributed by atoms with Crippen LogP contribution < -0.4 is 9.80 Å². The van der Waals surface area contributed by atoms with Crippen LogP contribution in [0.25, 0.3) is 0 Å². The summed E-state index contributed by atoms with van der Waals surface area (Å²) in [6.07, 6.45) is 42.8. The molecule has 0 N–H and O–H groups in total. The third kappa shape index (κ3) is 7.19. The molecule has 0 aromatic heterocycles. The molecule has 62 heavy (non-hydrogen) atoms. The van der Waals surface area contributed by atoms with Gasteiger partial charge in [-0.1, -0.05) is 182 Å². The van der Waals surface area contributed by atoms with Crippen molar-refractivity contribution in [3.8, 4) is 12.3 Å². The second-order valence-electron chi connectivity index (χ2n) is 17.4. The van der Waals surface area contributed by atoms with Crippen LogP contribution >= 0.6 is 0 Å². The molecular weight excluding hydrogens is 749 g/mol. The van der Waals surface area contributed by atoms with Gasteiger partial charge in [0, 0.05) is 46.1 Å². The first kappa shape index (κ1) is 40.7. The second-order valence-corrected chi connectivity index (χ2v) is 17.4. The van der Waals surface area contributed by atoms with Crippen LogP contribution in [0.1, 0.15) is 70.4 Å². The smallest absolute Gasteiger partial charge is 0.0556 e. The number of allylic oxidation sites excluding steroid dienone is 16. The molecule has 0 saturated heterocycles. The van der Waals surface area contributed by atoms with E-state index in [4.69, 9.17) is 6.42 Å². The summed E-state index contributed by atoms with van der Waals surface area (Å²) in [6, 6.07) is 46.5. The van der Waals surface area contributed by atoms with E-state index in [1.54, 1.807) is 0 Å². The summed E-state index contributed by atoms with van der Waals surface area (Å²) < 4.78 is 0. The summed E-state index contributed by atoms with van der Waals surface area (Å²) in [4.78, 5) is 5.07. The molecule has 4 aromatic carbocycles. The zero-order valence-corrected chi connectivity index (χ0v) is 36.3. The normalized spacial score (nSPS) is 26.2. The number of hydrogen-bond acceptors (Lipinski definition) is 2. The molecule has 4 atom stereocenters. The van der Waals surface area contributed by atoms with Gasteiger partial charge in [0.15, 0.2) is 0 Å². The molecule has 2 nitrogen and oxygen atoms in total. The highest BCUT2D eigenvalue weighted by atomic mass is 15.2. The van der Waals surface area contributed by atoms with Crippen LogP contribution in [0.5, 0.6) is 0 Å². The molecule has 0 radical (unpaired) electrons. The number of benzene rings is 3. The summed E-state index contributed by atoms with van der Waals surface area (Å²) in [5, 5.41) is 0. The van der Waals surface area contributed by atoms with Gasteiger partial charge in [0.1, 0.15) is 0 Å². The maximum atomic E-state index is 7.06. The highest BCUT2D eigenvalue weighted by Crippen LogP contribution is 2.68. The number of nitrogens with zero attached hydrogens (tertiary/aromatic N) is 2. The Labute approximate surface area is 370 Å². The van der Waals surface area contributed by atoms with Crippen molar-refractivity contribution < 1.29 is 0 Å². The first-order valence-electron chi connectivity index (χ1n) is 22.4. The standard InChI is InChI=1S/C60H56N2/c1-5-55-47(43-46(3)61(50-33-19-10-20-34-50)51-35-21-11-22-36-51)28-14-6-7-27-41-56-58(55)60(48-29-15-8-16-30-48,49-31-17-9-18-32-49)57-44-54(42-45(2)59(56,57)4)62(52-37-23-12-24-38-52)53-39-25-13-26-40-53/h1,6-10,12-21,23-25,27,29-33,35-38,42-44,50,53,57H,26,28,34,39-41H2,2-4H3/b14-6-,27-7-,46-43+,55-47+. The lowest BCUT2D eigenvalue weighted by atomic mass is 9.56. The topological polar surface area (TPSA) is 6.48 Å². The van der Waals surface area contributed by atoms with Crippen molar-refractivity contribution in [2.75, 3.05) is 9.80 Å². The van der Waals surface area contributed by atoms with Crippen molar-refractivity contribution in [3.63, 3.8) is 0 Å². The van der Waals surface area contributed by atoms with E-state index in [1.165, 1.54) is 39.2 Å². The molecule has 0 spiro atoms. The van der Waals surface area contributed by atoms with E-state index in [0.717, 1.165) is 54.6 Å². The van der Waals surface area contributed by atoms with Gasteiger partial charge in [0.2, 0.25) is 0 Å². The van der Waals surface area contributed by atoms with E-state index in [2.05, 4.69) is 225 Å². The Kier molecular flexibility index (Phi) is 11.6. The quantitative estimate of drug-likeness (QED) is 0.123. The maximum absolute atomic E-state index is 7.06. The first-order chi connectivity index (χ1) is 30.5. The molecular formula is C60H56N2. The summed E-state index contributed by atoms with van der Waals surface area (Å²) in [5.41, 5.74) is 12.4. The fraction of sp³-hybridized carbons (Fsp3) is 0.233. The van der Waals surface area contributed by atoms with Crippen LogP contribution in [-0.2, 0) is 5.41 Å². The molecule has 5 aliphatic rings. The summed E-state index contributed by atoms with van der Waals surface area (Å²) in [6.45, 7) is 7.12.